The van der Waals surface area contributed by atoms with Crippen molar-refractivity contribution < 1.29 is 4.74 Å². The van der Waals surface area contributed by atoms with E-state index in [0.717, 1.165) is 12.8 Å². The summed E-state index contributed by atoms with van der Waals surface area (Å²) in [4.78, 5) is 0. The van der Waals surface area contributed by atoms with Crippen LogP contribution < -0.4 is 5.32 Å². The molecule has 10 heavy (non-hydrogen) atoms. The second-order valence-electron chi connectivity index (χ2n) is 2.86. The Labute approximate surface area is 75.8 Å². The Hall–Kier alpha value is 0.650. The average Bonchev–Trinajstić information content (AvgIpc) is 1.85. The van der Waals surface area contributed by atoms with Crippen LogP contribution in [-0.2, 0) is 4.74 Å². The van der Waals surface area contributed by atoms with E-state index in [1.165, 1.54) is 0 Å². The van der Waals surface area contributed by atoms with Crippen molar-refractivity contribution in [2.24, 2.45) is 0 Å². The summed E-state index contributed by atoms with van der Waals surface area (Å²) in [7, 11) is 1.80. The Morgan fingerprint density at radius 1 is 1.50 bits per heavy atom. The summed E-state index contributed by atoms with van der Waals surface area (Å²) in [5, 5.41) is 3.45. The van der Waals surface area contributed by atoms with E-state index in [9.17, 15) is 0 Å². The standard InChI is InChI=1S/C7H14INO/c1-5-3-6(10-2)4-7(8)9-5/h5-7,9H,3-4H2,1-2H3. The highest BCUT2D eigenvalue weighted by Crippen LogP contribution is 2.19. The minimum absolute atomic E-state index is 0.471. The summed E-state index contributed by atoms with van der Waals surface area (Å²) in [5.74, 6) is 0. The summed E-state index contributed by atoms with van der Waals surface area (Å²) in [6.07, 6.45) is 2.76. The van der Waals surface area contributed by atoms with Gasteiger partial charge >= 0.3 is 0 Å². The zero-order chi connectivity index (χ0) is 7.56. The van der Waals surface area contributed by atoms with Crippen LogP contribution in [0.5, 0.6) is 0 Å². The monoisotopic (exact) mass is 255 g/mol. The first-order chi connectivity index (χ1) is 4.72. The van der Waals surface area contributed by atoms with E-state index in [4.69, 9.17) is 4.74 Å². The van der Waals surface area contributed by atoms with Gasteiger partial charge in [0.25, 0.3) is 0 Å². The molecule has 0 aliphatic carbocycles. The molecule has 1 aliphatic rings. The van der Waals surface area contributed by atoms with Gasteiger partial charge in [-0.05, 0) is 19.8 Å². The van der Waals surface area contributed by atoms with E-state index < -0.39 is 0 Å². The number of halogens is 1. The predicted molar refractivity (Wildman–Crippen MR) is 50.4 cm³/mol. The largest absolute Gasteiger partial charge is 0.381 e. The number of nitrogens with one attached hydrogen (secondary N) is 1. The molecule has 1 saturated heterocycles. The fourth-order valence-electron chi connectivity index (χ4n) is 1.36. The summed E-state index contributed by atoms with van der Waals surface area (Å²) in [6, 6.07) is 0.612. The molecule has 3 atom stereocenters. The van der Waals surface area contributed by atoms with Crippen molar-refractivity contribution in [1.29, 1.82) is 0 Å². The summed E-state index contributed by atoms with van der Waals surface area (Å²) in [5.41, 5.74) is 0. The molecule has 1 fully saturated rings. The molecule has 1 heterocycles. The van der Waals surface area contributed by atoms with Gasteiger partial charge in [0.1, 0.15) is 0 Å². The van der Waals surface area contributed by atoms with E-state index in [0.29, 0.717) is 16.2 Å². The minimum Gasteiger partial charge on any atom is -0.381 e. The molecule has 0 saturated carbocycles. The smallest absolute Gasteiger partial charge is 0.0620 e. The van der Waals surface area contributed by atoms with Crippen LogP contribution in [0.25, 0.3) is 0 Å². The van der Waals surface area contributed by atoms with Crippen LogP contribution in [0.15, 0.2) is 0 Å². The Balaban J connectivity index is 2.35. The molecule has 60 valence electrons. The molecular weight excluding hydrogens is 241 g/mol. The third kappa shape index (κ3) is 2.36. The molecule has 0 amide bonds. The highest BCUT2D eigenvalue weighted by atomic mass is 127. The van der Waals surface area contributed by atoms with Gasteiger partial charge in [0.15, 0.2) is 0 Å². The van der Waals surface area contributed by atoms with Gasteiger partial charge in [-0.1, -0.05) is 22.6 Å². The van der Waals surface area contributed by atoms with Gasteiger partial charge in [0, 0.05) is 13.2 Å². The first-order valence-electron chi connectivity index (χ1n) is 3.65. The lowest BCUT2D eigenvalue weighted by molar-refractivity contribution is 0.0623. The quantitative estimate of drug-likeness (QED) is 0.436. The van der Waals surface area contributed by atoms with Crippen molar-refractivity contribution in [3.05, 3.63) is 0 Å². The van der Waals surface area contributed by atoms with Gasteiger partial charge in [-0.25, -0.2) is 0 Å². The minimum atomic E-state index is 0.471. The molecule has 0 spiro atoms. The zero-order valence-electron chi connectivity index (χ0n) is 6.43. The summed E-state index contributed by atoms with van der Waals surface area (Å²) in [6.45, 7) is 2.21. The van der Waals surface area contributed by atoms with Crippen molar-refractivity contribution >= 4 is 22.6 Å². The van der Waals surface area contributed by atoms with Crippen LogP contribution in [0.1, 0.15) is 19.8 Å². The average molecular weight is 255 g/mol. The Kier molecular flexibility index (Phi) is 3.39. The third-order valence-electron chi connectivity index (χ3n) is 1.88. The van der Waals surface area contributed by atoms with Crippen LogP contribution in [0.2, 0.25) is 0 Å². The molecule has 3 heteroatoms. The number of ether oxygens (including phenoxy) is 1. The Morgan fingerprint density at radius 2 is 2.20 bits per heavy atom. The molecule has 3 unspecified atom stereocenters. The lowest BCUT2D eigenvalue weighted by Crippen LogP contribution is -2.43. The topological polar surface area (TPSA) is 21.3 Å². The van der Waals surface area contributed by atoms with E-state index in [1.807, 2.05) is 0 Å². The number of piperidine rings is 1. The van der Waals surface area contributed by atoms with Crippen LogP contribution >= 0.6 is 22.6 Å². The van der Waals surface area contributed by atoms with Gasteiger partial charge in [0.05, 0.1) is 10.2 Å². The first kappa shape index (κ1) is 8.74. The van der Waals surface area contributed by atoms with Crippen LogP contribution in [-0.4, -0.2) is 23.3 Å². The number of hydrogen-bond acceptors (Lipinski definition) is 2. The van der Waals surface area contributed by atoms with Crippen molar-refractivity contribution in [2.75, 3.05) is 7.11 Å². The van der Waals surface area contributed by atoms with Crippen molar-refractivity contribution in [3.63, 3.8) is 0 Å². The molecule has 0 bridgehead atoms. The Bertz CT molecular complexity index is 99.8. The second kappa shape index (κ2) is 3.88. The number of hydrogen-bond donors (Lipinski definition) is 1. The Morgan fingerprint density at radius 3 is 2.70 bits per heavy atom. The number of rotatable bonds is 1. The fourth-order valence-corrected chi connectivity index (χ4v) is 2.54. The van der Waals surface area contributed by atoms with Gasteiger partial charge in [-0.3, -0.25) is 0 Å². The van der Waals surface area contributed by atoms with E-state index in [-0.39, 0.29) is 0 Å². The molecule has 1 N–H and O–H groups in total. The molecule has 0 aromatic heterocycles. The number of alkyl halides is 1. The first-order valence-corrected chi connectivity index (χ1v) is 4.90. The maximum atomic E-state index is 5.29. The third-order valence-corrected chi connectivity index (χ3v) is 2.75. The van der Waals surface area contributed by atoms with Crippen LogP contribution in [0, 0.1) is 0 Å². The maximum absolute atomic E-state index is 5.29. The van der Waals surface area contributed by atoms with Gasteiger partial charge in [0.2, 0.25) is 0 Å². The van der Waals surface area contributed by atoms with Crippen molar-refractivity contribution in [2.45, 2.75) is 36.0 Å². The number of methoxy groups -OCH3 is 1. The molecule has 0 aromatic carbocycles. The van der Waals surface area contributed by atoms with Gasteiger partial charge in [-0.15, -0.1) is 0 Å². The van der Waals surface area contributed by atoms with E-state index in [2.05, 4.69) is 34.8 Å². The molecule has 2 nitrogen and oxygen atoms in total. The fraction of sp³-hybridized carbons (Fsp3) is 1.00. The highest BCUT2D eigenvalue weighted by Gasteiger charge is 2.23. The molecular formula is C7H14INO. The normalized spacial score (nSPS) is 41.7. The molecule has 0 aromatic rings. The van der Waals surface area contributed by atoms with Gasteiger partial charge in [-0.2, -0.15) is 0 Å². The summed E-state index contributed by atoms with van der Waals surface area (Å²) < 4.78 is 5.88. The lowest BCUT2D eigenvalue weighted by Gasteiger charge is -2.30. The van der Waals surface area contributed by atoms with Gasteiger partial charge < -0.3 is 10.1 Å². The maximum Gasteiger partial charge on any atom is 0.0620 e. The molecule has 1 rings (SSSR count). The van der Waals surface area contributed by atoms with E-state index in [1.54, 1.807) is 7.11 Å². The van der Waals surface area contributed by atoms with Crippen LogP contribution in [0.4, 0.5) is 0 Å². The van der Waals surface area contributed by atoms with Crippen molar-refractivity contribution in [3.8, 4) is 0 Å². The lowest BCUT2D eigenvalue weighted by atomic mass is 10.0. The highest BCUT2D eigenvalue weighted by molar-refractivity contribution is 14.1. The van der Waals surface area contributed by atoms with Crippen LogP contribution in [0.3, 0.4) is 0 Å². The van der Waals surface area contributed by atoms with E-state index >= 15 is 0 Å². The zero-order valence-corrected chi connectivity index (χ0v) is 8.59. The molecule has 0 radical (unpaired) electrons. The second-order valence-corrected chi connectivity index (χ2v) is 4.37. The summed E-state index contributed by atoms with van der Waals surface area (Å²) >= 11 is 2.42. The SMILES string of the molecule is COC1CC(C)NC(I)C1. The van der Waals surface area contributed by atoms with Crippen molar-refractivity contribution in [1.82, 2.24) is 5.32 Å². The predicted octanol–water partition coefficient (Wildman–Crippen LogP) is 1.53. The molecule has 1 aliphatic heterocycles.